The molecular formula is C27H26ClFN4S. The molecule has 2 aliphatic heterocycles. The van der Waals surface area contributed by atoms with Gasteiger partial charge in [0.15, 0.2) is 5.11 Å². The topological polar surface area (TPSA) is 31.4 Å². The normalized spacial score (nSPS) is 21.2. The minimum atomic E-state index is -0.384. The Kier molecular flexibility index (Phi) is 5.61. The molecule has 1 N–H and O–H groups in total. The van der Waals surface area contributed by atoms with Crippen molar-refractivity contribution in [2.24, 2.45) is 0 Å². The van der Waals surface area contributed by atoms with Crippen LogP contribution in [0.1, 0.15) is 49.7 Å². The zero-order valence-corrected chi connectivity index (χ0v) is 21.1. The third-order valence-electron chi connectivity index (χ3n) is 6.86. The van der Waals surface area contributed by atoms with Crippen LogP contribution in [0.4, 0.5) is 15.8 Å². The van der Waals surface area contributed by atoms with Gasteiger partial charge in [0.05, 0.1) is 29.0 Å². The molecule has 1 aromatic heterocycles. The zero-order valence-electron chi connectivity index (χ0n) is 19.5. The number of halogens is 2. The number of hydrogen-bond acceptors (Lipinski definition) is 3. The number of allylic oxidation sites excluding steroid dienone is 1. The summed E-state index contributed by atoms with van der Waals surface area (Å²) in [5, 5.41) is 4.42. The Hall–Kier alpha value is -2.96. The second kappa shape index (κ2) is 8.36. The van der Waals surface area contributed by atoms with Gasteiger partial charge >= 0.3 is 0 Å². The Balaban J connectivity index is 1.72. The van der Waals surface area contributed by atoms with Crippen LogP contribution in [0.3, 0.4) is 0 Å². The Labute approximate surface area is 210 Å². The fraction of sp³-hybridized carbons (Fsp3) is 0.259. The molecule has 0 saturated carbocycles. The van der Waals surface area contributed by atoms with Crippen LogP contribution < -0.4 is 15.1 Å². The van der Waals surface area contributed by atoms with Crippen molar-refractivity contribution < 1.29 is 4.39 Å². The van der Waals surface area contributed by atoms with E-state index in [-0.39, 0.29) is 23.4 Å². The van der Waals surface area contributed by atoms with Gasteiger partial charge in [0.25, 0.3) is 0 Å². The SMILES string of the molecule is CC1=CC(C)(C)N(C)c2cc(Cl)c([C@H]3[C@H](c4ccccn4)NC(=S)N3c3ccccc3F)cc21. The molecule has 0 amide bonds. The van der Waals surface area contributed by atoms with Crippen molar-refractivity contribution in [2.75, 3.05) is 16.8 Å². The molecule has 1 fully saturated rings. The van der Waals surface area contributed by atoms with E-state index in [0.717, 1.165) is 22.5 Å². The molecule has 0 aliphatic carbocycles. The quantitative estimate of drug-likeness (QED) is 0.412. The number of pyridine rings is 1. The number of anilines is 2. The number of fused-ring (bicyclic) bond motifs is 1. The van der Waals surface area contributed by atoms with Crippen LogP contribution in [-0.4, -0.2) is 22.7 Å². The van der Waals surface area contributed by atoms with Crippen LogP contribution in [0.2, 0.25) is 5.02 Å². The zero-order chi connectivity index (χ0) is 24.2. The molecule has 5 rings (SSSR count). The molecular weight excluding hydrogens is 467 g/mol. The van der Waals surface area contributed by atoms with Gasteiger partial charge in [-0.25, -0.2) is 4.39 Å². The third kappa shape index (κ3) is 3.65. The van der Waals surface area contributed by atoms with Gasteiger partial charge < -0.3 is 15.1 Å². The molecule has 34 heavy (non-hydrogen) atoms. The van der Waals surface area contributed by atoms with Crippen molar-refractivity contribution in [2.45, 2.75) is 38.4 Å². The van der Waals surface area contributed by atoms with Gasteiger partial charge in [0.1, 0.15) is 5.82 Å². The van der Waals surface area contributed by atoms with E-state index in [1.165, 1.54) is 11.6 Å². The largest absolute Gasteiger partial charge is 0.365 e. The third-order valence-corrected chi connectivity index (χ3v) is 7.51. The molecule has 4 nitrogen and oxygen atoms in total. The summed E-state index contributed by atoms with van der Waals surface area (Å²) in [5.41, 5.74) is 5.31. The van der Waals surface area contributed by atoms with Gasteiger partial charge in [-0.3, -0.25) is 4.98 Å². The predicted octanol–water partition coefficient (Wildman–Crippen LogP) is 6.68. The number of para-hydroxylation sites is 1. The molecule has 0 radical (unpaired) electrons. The van der Waals surface area contributed by atoms with Crippen molar-refractivity contribution in [3.8, 4) is 0 Å². The molecule has 174 valence electrons. The monoisotopic (exact) mass is 492 g/mol. The average molecular weight is 493 g/mol. The number of likely N-dealkylation sites (N-methyl/N-ethyl adjacent to an activating group) is 1. The highest BCUT2D eigenvalue weighted by atomic mass is 35.5. The molecule has 2 aromatic carbocycles. The Morgan fingerprint density at radius 2 is 1.82 bits per heavy atom. The van der Waals surface area contributed by atoms with Crippen molar-refractivity contribution in [1.82, 2.24) is 10.3 Å². The van der Waals surface area contributed by atoms with Gasteiger partial charge in [-0.05, 0) is 80.5 Å². The Morgan fingerprint density at radius 3 is 2.53 bits per heavy atom. The smallest absolute Gasteiger partial charge is 0.174 e. The van der Waals surface area contributed by atoms with E-state index in [0.29, 0.717) is 15.8 Å². The van der Waals surface area contributed by atoms with Crippen LogP contribution in [0.25, 0.3) is 5.57 Å². The van der Waals surface area contributed by atoms with E-state index in [4.69, 9.17) is 23.8 Å². The number of nitrogens with zero attached hydrogens (tertiary/aromatic N) is 3. The highest BCUT2D eigenvalue weighted by Gasteiger charge is 2.43. The molecule has 2 atom stereocenters. The van der Waals surface area contributed by atoms with E-state index in [2.05, 4.69) is 55.2 Å². The minimum Gasteiger partial charge on any atom is -0.365 e. The van der Waals surface area contributed by atoms with E-state index in [9.17, 15) is 0 Å². The summed E-state index contributed by atoms with van der Waals surface area (Å²) in [6, 6.07) is 15.9. The standard InChI is InChI=1S/C27H26ClFN4S/c1-16-15-27(2,3)32(4)23-14-19(28)18(13-17(16)23)25-24(21-10-7-8-12-30-21)31-26(34)33(25)22-11-6-5-9-20(22)29/h5-15,24-25H,1-4H3,(H,31,34)/t24-,25-/m0/s1. The second-order valence-corrected chi connectivity index (χ2v) is 10.2. The lowest BCUT2D eigenvalue weighted by molar-refractivity contribution is 0.557. The number of benzene rings is 2. The highest BCUT2D eigenvalue weighted by Crippen LogP contribution is 2.48. The van der Waals surface area contributed by atoms with Crippen molar-refractivity contribution >= 4 is 45.9 Å². The van der Waals surface area contributed by atoms with Gasteiger partial charge in [-0.15, -0.1) is 0 Å². The Morgan fingerprint density at radius 1 is 1.09 bits per heavy atom. The summed E-state index contributed by atoms with van der Waals surface area (Å²) in [6.07, 6.45) is 4.01. The number of nitrogens with one attached hydrogen (secondary N) is 1. The highest BCUT2D eigenvalue weighted by molar-refractivity contribution is 7.80. The lowest BCUT2D eigenvalue weighted by Gasteiger charge is -2.41. The van der Waals surface area contributed by atoms with Gasteiger partial charge in [-0.2, -0.15) is 0 Å². The summed E-state index contributed by atoms with van der Waals surface area (Å²) in [5.74, 6) is -0.343. The maximum absolute atomic E-state index is 15.0. The number of rotatable bonds is 3. The summed E-state index contributed by atoms with van der Waals surface area (Å²) in [4.78, 5) is 8.64. The first-order valence-corrected chi connectivity index (χ1v) is 12.0. The van der Waals surface area contributed by atoms with E-state index in [1.54, 1.807) is 18.3 Å². The Bertz CT molecular complexity index is 1310. The average Bonchev–Trinajstić information content (AvgIpc) is 3.14. The second-order valence-electron chi connectivity index (χ2n) is 9.38. The maximum Gasteiger partial charge on any atom is 0.174 e. The van der Waals surface area contributed by atoms with E-state index < -0.39 is 0 Å². The summed E-state index contributed by atoms with van der Waals surface area (Å²) >= 11 is 12.7. The van der Waals surface area contributed by atoms with Crippen LogP contribution in [0, 0.1) is 5.82 Å². The summed E-state index contributed by atoms with van der Waals surface area (Å²) in [7, 11) is 2.08. The van der Waals surface area contributed by atoms with Crippen molar-refractivity contribution in [1.29, 1.82) is 0 Å². The lowest BCUT2D eigenvalue weighted by Crippen LogP contribution is -2.42. The summed E-state index contributed by atoms with van der Waals surface area (Å²) in [6.45, 7) is 6.48. The fourth-order valence-electron chi connectivity index (χ4n) is 4.99. The number of aromatic nitrogens is 1. The van der Waals surface area contributed by atoms with Crippen LogP contribution in [0.15, 0.2) is 66.9 Å². The van der Waals surface area contributed by atoms with Gasteiger partial charge in [0, 0.05) is 29.5 Å². The van der Waals surface area contributed by atoms with Crippen molar-refractivity contribution in [3.63, 3.8) is 0 Å². The molecule has 7 heteroatoms. The lowest BCUT2D eigenvalue weighted by atomic mass is 9.86. The van der Waals surface area contributed by atoms with Gasteiger partial charge in [0.2, 0.25) is 0 Å². The predicted molar refractivity (Wildman–Crippen MR) is 142 cm³/mol. The van der Waals surface area contributed by atoms with Crippen LogP contribution in [-0.2, 0) is 0 Å². The maximum atomic E-state index is 15.0. The number of thiocarbonyl (C=S) groups is 1. The fourth-order valence-corrected chi connectivity index (χ4v) is 5.60. The first kappa shape index (κ1) is 22.8. The molecule has 3 heterocycles. The molecule has 0 spiro atoms. The summed E-state index contributed by atoms with van der Waals surface area (Å²) < 4.78 is 15.0. The molecule has 0 unspecified atom stereocenters. The van der Waals surface area contributed by atoms with Crippen LogP contribution in [0.5, 0.6) is 0 Å². The molecule has 1 saturated heterocycles. The molecule has 0 bridgehead atoms. The van der Waals surface area contributed by atoms with Gasteiger partial charge in [-0.1, -0.05) is 35.9 Å². The van der Waals surface area contributed by atoms with Crippen molar-refractivity contribution in [3.05, 3.63) is 94.5 Å². The first-order valence-electron chi connectivity index (χ1n) is 11.2. The first-order chi connectivity index (χ1) is 16.2. The minimum absolute atomic E-state index is 0.131. The molecule has 3 aromatic rings. The van der Waals surface area contributed by atoms with E-state index >= 15 is 4.39 Å². The molecule has 2 aliphatic rings. The van der Waals surface area contributed by atoms with Crippen LogP contribution >= 0.6 is 23.8 Å². The van der Waals surface area contributed by atoms with E-state index in [1.807, 2.05) is 35.2 Å². The number of hydrogen-bond donors (Lipinski definition) is 1.